The summed E-state index contributed by atoms with van der Waals surface area (Å²) in [6, 6.07) is 2.88. The van der Waals surface area contributed by atoms with Gasteiger partial charge in [0.2, 0.25) is 0 Å². The maximum atomic E-state index is 11.8. The van der Waals surface area contributed by atoms with Gasteiger partial charge in [-0.3, -0.25) is 0 Å². The molecule has 0 aliphatic rings. The Morgan fingerprint density at radius 2 is 1.82 bits per heavy atom. The third kappa shape index (κ3) is 4.92. The molecular weight excluding hydrogens is 261 g/mol. The Hall–Kier alpha value is -0.800. The first-order valence-electron chi connectivity index (χ1n) is 5.42. The molecule has 0 aliphatic heterocycles. The fraction of sp³-hybridized carbons (Fsp3) is 0.500. The van der Waals surface area contributed by atoms with Crippen molar-refractivity contribution in [3.8, 4) is 0 Å². The highest BCUT2D eigenvalue weighted by molar-refractivity contribution is 6.32. The van der Waals surface area contributed by atoms with Gasteiger partial charge < -0.3 is 4.74 Å². The van der Waals surface area contributed by atoms with Crippen LogP contribution in [0.5, 0.6) is 0 Å². The van der Waals surface area contributed by atoms with Crippen LogP contribution in [0.3, 0.4) is 0 Å². The molecule has 0 amide bonds. The smallest absolute Gasteiger partial charge is 0.338 e. The van der Waals surface area contributed by atoms with Crippen LogP contribution in [-0.2, 0) is 4.74 Å². The minimum Gasteiger partial charge on any atom is -0.459 e. The number of nitrogens with zero attached hydrogens (tertiary/aromatic N) is 1. The normalized spacial score (nSPS) is 12.6. The van der Waals surface area contributed by atoms with Crippen LogP contribution < -0.4 is 0 Å². The molecule has 94 valence electrons. The van der Waals surface area contributed by atoms with E-state index in [0.717, 1.165) is 6.42 Å². The quantitative estimate of drug-likeness (QED) is 0.616. The van der Waals surface area contributed by atoms with Crippen molar-refractivity contribution in [3.63, 3.8) is 0 Å². The van der Waals surface area contributed by atoms with Gasteiger partial charge in [-0.2, -0.15) is 0 Å². The first kappa shape index (κ1) is 14.3. The summed E-state index contributed by atoms with van der Waals surface area (Å²) < 4.78 is 5.27. The summed E-state index contributed by atoms with van der Waals surface area (Å²) in [5.41, 5.74) is 0.325. The van der Waals surface area contributed by atoms with Gasteiger partial charge in [0.1, 0.15) is 10.3 Å². The molecule has 0 aromatic carbocycles. The maximum absolute atomic E-state index is 11.8. The van der Waals surface area contributed by atoms with Crippen molar-refractivity contribution in [1.82, 2.24) is 4.98 Å². The highest BCUT2D eigenvalue weighted by Crippen LogP contribution is 2.17. The van der Waals surface area contributed by atoms with Crippen molar-refractivity contribution in [2.75, 3.05) is 0 Å². The van der Waals surface area contributed by atoms with E-state index in [4.69, 9.17) is 27.9 Å². The van der Waals surface area contributed by atoms with Gasteiger partial charge >= 0.3 is 5.97 Å². The fourth-order valence-electron chi connectivity index (χ4n) is 1.55. The van der Waals surface area contributed by atoms with E-state index >= 15 is 0 Å². The van der Waals surface area contributed by atoms with Crippen LogP contribution in [-0.4, -0.2) is 17.1 Å². The number of carbonyl (C=O) groups is 1. The van der Waals surface area contributed by atoms with Gasteiger partial charge in [0.05, 0.1) is 11.7 Å². The van der Waals surface area contributed by atoms with E-state index in [1.54, 1.807) is 0 Å². The average molecular weight is 276 g/mol. The molecule has 1 atom stereocenters. The molecule has 0 aliphatic carbocycles. The first-order valence-corrected chi connectivity index (χ1v) is 6.18. The molecule has 0 bridgehead atoms. The van der Waals surface area contributed by atoms with E-state index in [-0.39, 0.29) is 16.4 Å². The van der Waals surface area contributed by atoms with Crippen molar-refractivity contribution in [1.29, 1.82) is 0 Å². The van der Waals surface area contributed by atoms with E-state index in [1.807, 2.05) is 6.92 Å². The number of pyridine rings is 1. The molecule has 1 rings (SSSR count). The minimum atomic E-state index is -0.427. The summed E-state index contributed by atoms with van der Waals surface area (Å²) in [4.78, 5) is 15.5. The lowest BCUT2D eigenvalue weighted by Gasteiger charge is -2.15. The predicted molar refractivity (Wildman–Crippen MR) is 68.6 cm³/mol. The summed E-state index contributed by atoms with van der Waals surface area (Å²) in [7, 11) is 0. The van der Waals surface area contributed by atoms with Gasteiger partial charge in [-0.05, 0) is 31.4 Å². The third-order valence-electron chi connectivity index (χ3n) is 2.11. The van der Waals surface area contributed by atoms with Gasteiger partial charge in [0.25, 0.3) is 0 Å². The van der Waals surface area contributed by atoms with Gasteiger partial charge in [-0.1, -0.05) is 37.0 Å². The predicted octanol–water partition coefficient (Wildman–Crippen LogP) is 3.98. The standard InChI is InChI=1S/C12H15Cl2NO2/c1-7(2)4-8(3)17-12(16)9-5-10(13)15-11(14)6-9/h5-8H,4H2,1-3H3. The van der Waals surface area contributed by atoms with E-state index < -0.39 is 5.97 Å². The molecule has 0 spiro atoms. The molecule has 0 saturated carbocycles. The van der Waals surface area contributed by atoms with Crippen LogP contribution >= 0.6 is 23.2 Å². The molecule has 1 aromatic heterocycles. The van der Waals surface area contributed by atoms with Gasteiger partial charge in [0, 0.05) is 0 Å². The summed E-state index contributed by atoms with van der Waals surface area (Å²) in [6.45, 7) is 6.01. The summed E-state index contributed by atoms with van der Waals surface area (Å²) in [5.74, 6) is 0.0479. The van der Waals surface area contributed by atoms with Crippen molar-refractivity contribution in [2.45, 2.75) is 33.3 Å². The Bertz CT molecular complexity index is 387. The average Bonchev–Trinajstić information content (AvgIpc) is 2.14. The van der Waals surface area contributed by atoms with Crippen LogP contribution in [0, 0.1) is 5.92 Å². The topological polar surface area (TPSA) is 39.2 Å². The molecule has 5 heteroatoms. The van der Waals surface area contributed by atoms with Crippen LogP contribution in [0.25, 0.3) is 0 Å². The lowest BCUT2D eigenvalue weighted by Crippen LogP contribution is -2.17. The summed E-state index contributed by atoms with van der Waals surface area (Å²) in [6.07, 6.45) is 0.686. The number of carbonyl (C=O) groups excluding carboxylic acids is 1. The number of rotatable bonds is 4. The number of ether oxygens (including phenoxy) is 1. The highest BCUT2D eigenvalue weighted by Gasteiger charge is 2.14. The van der Waals surface area contributed by atoms with Crippen molar-refractivity contribution < 1.29 is 9.53 Å². The Morgan fingerprint density at radius 3 is 2.29 bits per heavy atom. The Kier molecular flexibility index (Phi) is 5.22. The molecule has 0 radical (unpaired) electrons. The number of halogens is 2. The zero-order valence-corrected chi connectivity index (χ0v) is 11.5. The number of hydrogen-bond acceptors (Lipinski definition) is 3. The molecule has 1 aromatic rings. The SMILES string of the molecule is CC(C)CC(C)OC(=O)c1cc(Cl)nc(Cl)c1. The molecule has 3 nitrogen and oxygen atoms in total. The molecule has 0 N–H and O–H groups in total. The second-order valence-electron chi connectivity index (χ2n) is 4.35. The summed E-state index contributed by atoms with van der Waals surface area (Å²) in [5, 5.41) is 0.363. The number of aromatic nitrogens is 1. The first-order chi connectivity index (χ1) is 7.88. The fourth-order valence-corrected chi connectivity index (χ4v) is 2.01. The Balaban J connectivity index is 2.69. The second-order valence-corrected chi connectivity index (χ2v) is 5.12. The molecule has 0 saturated heterocycles. The van der Waals surface area contributed by atoms with E-state index in [9.17, 15) is 4.79 Å². The van der Waals surface area contributed by atoms with Crippen molar-refractivity contribution in [3.05, 3.63) is 28.0 Å². The zero-order valence-electron chi connectivity index (χ0n) is 10.0. The lowest BCUT2D eigenvalue weighted by atomic mass is 10.1. The van der Waals surface area contributed by atoms with Crippen LogP contribution in [0.2, 0.25) is 10.3 Å². The lowest BCUT2D eigenvalue weighted by molar-refractivity contribution is 0.0299. The monoisotopic (exact) mass is 275 g/mol. The molecule has 1 unspecified atom stereocenters. The molecular formula is C12H15Cl2NO2. The van der Waals surface area contributed by atoms with Gasteiger partial charge in [-0.25, -0.2) is 9.78 Å². The summed E-state index contributed by atoms with van der Waals surface area (Å²) >= 11 is 11.4. The van der Waals surface area contributed by atoms with Crippen LogP contribution in [0.1, 0.15) is 37.6 Å². The second kappa shape index (κ2) is 6.22. The molecule has 17 heavy (non-hydrogen) atoms. The van der Waals surface area contributed by atoms with E-state index in [0.29, 0.717) is 11.5 Å². The number of esters is 1. The number of hydrogen-bond donors (Lipinski definition) is 0. The Labute approximate surface area is 111 Å². The van der Waals surface area contributed by atoms with E-state index in [2.05, 4.69) is 18.8 Å². The molecule has 0 fully saturated rings. The van der Waals surface area contributed by atoms with Gasteiger partial charge in [-0.15, -0.1) is 0 Å². The zero-order chi connectivity index (χ0) is 13.0. The minimum absolute atomic E-state index is 0.131. The Morgan fingerprint density at radius 1 is 1.29 bits per heavy atom. The van der Waals surface area contributed by atoms with E-state index in [1.165, 1.54) is 12.1 Å². The third-order valence-corrected chi connectivity index (χ3v) is 2.50. The van der Waals surface area contributed by atoms with Crippen molar-refractivity contribution >= 4 is 29.2 Å². The maximum Gasteiger partial charge on any atom is 0.338 e. The highest BCUT2D eigenvalue weighted by atomic mass is 35.5. The largest absolute Gasteiger partial charge is 0.459 e. The van der Waals surface area contributed by atoms with Crippen LogP contribution in [0.4, 0.5) is 0 Å². The molecule has 1 heterocycles. The van der Waals surface area contributed by atoms with Crippen LogP contribution in [0.15, 0.2) is 12.1 Å². The van der Waals surface area contributed by atoms with Gasteiger partial charge in [0.15, 0.2) is 0 Å². The van der Waals surface area contributed by atoms with Crippen molar-refractivity contribution in [2.24, 2.45) is 5.92 Å².